The molecular weight excluding hydrogens is 362 g/mol. The summed E-state index contributed by atoms with van der Waals surface area (Å²) in [4.78, 5) is 16.1. The molecule has 1 N–H and O–H groups in total. The van der Waals surface area contributed by atoms with E-state index in [1.165, 1.54) is 48.9 Å². The van der Waals surface area contributed by atoms with Gasteiger partial charge >= 0.3 is 0 Å². The summed E-state index contributed by atoms with van der Waals surface area (Å²) in [6.45, 7) is 9.37. The van der Waals surface area contributed by atoms with Crippen molar-refractivity contribution in [2.45, 2.75) is 25.2 Å². The lowest BCUT2D eigenvalue weighted by atomic mass is 9.75. The Bertz CT molecular complexity index is 1010. The number of nitrogens with zero attached hydrogens (tertiary/aromatic N) is 4. The van der Waals surface area contributed by atoms with Gasteiger partial charge in [0.05, 0.1) is 0 Å². The van der Waals surface area contributed by atoms with Gasteiger partial charge in [-0.15, -0.1) is 0 Å². The van der Waals surface area contributed by atoms with Crippen molar-refractivity contribution >= 4 is 22.0 Å². The van der Waals surface area contributed by atoms with Crippen LogP contribution in [0, 0.1) is 5.92 Å². The summed E-state index contributed by atoms with van der Waals surface area (Å²) in [5, 5.41) is 1.30. The van der Waals surface area contributed by atoms with E-state index >= 15 is 0 Å². The highest BCUT2D eigenvalue weighted by Crippen LogP contribution is 2.42. The van der Waals surface area contributed by atoms with E-state index in [9.17, 15) is 0 Å². The molecule has 0 spiro atoms. The molecule has 1 atom stereocenters. The molecule has 154 valence electrons. The van der Waals surface area contributed by atoms with Crippen LogP contribution in [-0.4, -0.2) is 84.1 Å². The van der Waals surface area contributed by atoms with Crippen molar-refractivity contribution < 1.29 is 4.42 Å². The molecule has 29 heavy (non-hydrogen) atoms. The average molecular weight is 394 g/mol. The molecule has 6 nitrogen and oxygen atoms in total. The molecule has 2 aromatic heterocycles. The number of piperazine rings is 1. The number of rotatable bonds is 4. The van der Waals surface area contributed by atoms with Crippen LogP contribution in [0.1, 0.15) is 30.2 Å². The number of aromatic nitrogens is 2. The van der Waals surface area contributed by atoms with Crippen LogP contribution in [0.25, 0.3) is 22.0 Å². The summed E-state index contributed by atoms with van der Waals surface area (Å²) in [6.07, 6.45) is 5.81. The lowest BCUT2D eigenvalue weighted by Crippen LogP contribution is -2.46. The first-order valence-corrected chi connectivity index (χ1v) is 11.3. The van der Waals surface area contributed by atoms with Gasteiger partial charge in [0.15, 0.2) is 11.5 Å². The van der Waals surface area contributed by atoms with Crippen LogP contribution in [0.5, 0.6) is 0 Å². The summed E-state index contributed by atoms with van der Waals surface area (Å²) < 4.78 is 6.19. The molecule has 1 aromatic carbocycles. The van der Waals surface area contributed by atoms with Crippen LogP contribution >= 0.6 is 0 Å². The molecule has 7 rings (SSSR count). The standard InChI is InChI=1S/C23H31N5O/c1-26-10-12-27(13-11-26)9-6-21-25-23-20(29-21)3-2-19-22(23)17(14-24-19)18-15-28-7-4-16(18)5-8-28/h2-3,14,16,18,24H,4-13,15H2,1H3. The summed E-state index contributed by atoms with van der Waals surface area (Å²) in [5.74, 6) is 2.33. The van der Waals surface area contributed by atoms with Gasteiger partial charge in [-0.3, -0.25) is 0 Å². The lowest BCUT2D eigenvalue weighted by molar-refractivity contribution is 0.0877. The van der Waals surface area contributed by atoms with Crippen LogP contribution < -0.4 is 0 Å². The molecule has 3 aromatic rings. The van der Waals surface area contributed by atoms with Gasteiger partial charge in [-0.05, 0) is 56.6 Å². The molecular formula is C23H31N5O. The van der Waals surface area contributed by atoms with E-state index in [-0.39, 0.29) is 0 Å². The van der Waals surface area contributed by atoms with Crippen molar-refractivity contribution in [3.8, 4) is 0 Å². The summed E-state index contributed by atoms with van der Waals surface area (Å²) in [5.41, 5.74) is 4.65. The second-order valence-electron chi connectivity index (χ2n) is 9.33. The zero-order valence-corrected chi connectivity index (χ0v) is 17.4. The molecule has 0 aliphatic carbocycles. The third-order valence-corrected chi connectivity index (χ3v) is 7.57. The fraction of sp³-hybridized carbons (Fsp3) is 0.609. The van der Waals surface area contributed by atoms with Gasteiger partial charge < -0.3 is 24.1 Å². The van der Waals surface area contributed by atoms with Crippen LogP contribution in [-0.2, 0) is 6.42 Å². The second kappa shape index (κ2) is 7.11. The van der Waals surface area contributed by atoms with E-state index in [1.807, 2.05) is 0 Å². The van der Waals surface area contributed by atoms with E-state index in [0.717, 1.165) is 62.1 Å². The number of oxazole rings is 1. The largest absolute Gasteiger partial charge is 0.441 e. The Morgan fingerprint density at radius 3 is 2.69 bits per heavy atom. The number of piperidine rings is 3. The predicted molar refractivity (Wildman–Crippen MR) is 115 cm³/mol. The van der Waals surface area contributed by atoms with E-state index in [4.69, 9.17) is 9.40 Å². The summed E-state index contributed by atoms with van der Waals surface area (Å²) in [6, 6.07) is 4.25. The minimum atomic E-state index is 0.627. The molecule has 2 bridgehead atoms. The maximum absolute atomic E-state index is 6.19. The van der Waals surface area contributed by atoms with Crippen molar-refractivity contribution in [3.63, 3.8) is 0 Å². The molecule has 4 aliphatic rings. The first kappa shape index (κ1) is 17.9. The van der Waals surface area contributed by atoms with E-state index in [1.54, 1.807) is 0 Å². The van der Waals surface area contributed by atoms with Gasteiger partial charge in [-0.1, -0.05) is 0 Å². The number of aromatic amines is 1. The van der Waals surface area contributed by atoms with Crippen LogP contribution in [0.4, 0.5) is 0 Å². The minimum absolute atomic E-state index is 0.627. The molecule has 6 heterocycles. The monoisotopic (exact) mass is 393 g/mol. The smallest absolute Gasteiger partial charge is 0.196 e. The number of H-pyrrole nitrogens is 1. The number of benzene rings is 1. The fourth-order valence-electron chi connectivity index (χ4n) is 5.72. The Balaban J connectivity index is 1.29. The lowest BCUT2D eigenvalue weighted by Gasteiger charge is -2.44. The van der Waals surface area contributed by atoms with E-state index in [2.05, 4.69) is 45.1 Å². The Morgan fingerprint density at radius 1 is 1.10 bits per heavy atom. The Hall–Kier alpha value is -1.89. The molecule has 0 saturated carbocycles. The Morgan fingerprint density at radius 2 is 1.93 bits per heavy atom. The number of likely N-dealkylation sites (N-methyl/N-ethyl adjacent to an activating group) is 1. The fourth-order valence-corrected chi connectivity index (χ4v) is 5.72. The van der Waals surface area contributed by atoms with Gasteiger partial charge in [0.1, 0.15) is 5.52 Å². The second-order valence-corrected chi connectivity index (χ2v) is 9.33. The maximum Gasteiger partial charge on any atom is 0.196 e. The first-order chi connectivity index (χ1) is 14.2. The molecule has 4 aliphatic heterocycles. The number of hydrogen-bond donors (Lipinski definition) is 1. The zero-order valence-electron chi connectivity index (χ0n) is 17.4. The third-order valence-electron chi connectivity index (χ3n) is 7.57. The molecule has 4 saturated heterocycles. The molecule has 1 unspecified atom stereocenters. The van der Waals surface area contributed by atoms with E-state index in [0.29, 0.717) is 5.92 Å². The molecule has 6 heteroatoms. The molecule has 4 fully saturated rings. The average Bonchev–Trinajstić information content (AvgIpc) is 3.37. The highest BCUT2D eigenvalue weighted by molar-refractivity contribution is 6.04. The van der Waals surface area contributed by atoms with Crippen molar-refractivity contribution in [1.29, 1.82) is 0 Å². The third kappa shape index (κ3) is 3.18. The first-order valence-electron chi connectivity index (χ1n) is 11.3. The number of fused-ring (bicyclic) bond motifs is 6. The van der Waals surface area contributed by atoms with Crippen molar-refractivity contribution in [1.82, 2.24) is 24.7 Å². The minimum Gasteiger partial charge on any atom is -0.441 e. The van der Waals surface area contributed by atoms with Crippen molar-refractivity contribution in [2.75, 3.05) is 59.4 Å². The van der Waals surface area contributed by atoms with Crippen LogP contribution in [0.15, 0.2) is 22.7 Å². The van der Waals surface area contributed by atoms with Gasteiger partial charge in [0.2, 0.25) is 0 Å². The predicted octanol–water partition coefficient (Wildman–Crippen LogP) is 2.91. The number of hydrogen-bond acceptors (Lipinski definition) is 5. The highest BCUT2D eigenvalue weighted by Gasteiger charge is 2.36. The maximum atomic E-state index is 6.19. The van der Waals surface area contributed by atoms with Crippen LogP contribution in [0.3, 0.4) is 0 Å². The Kier molecular flexibility index (Phi) is 4.40. The zero-order chi connectivity index (χ0) is 19.4. The van der Waals surface area contributed by atoms with Gasteiger partial charge in [-0.25, -0.2) is 4.98 Å². The van der Waals surface area contributed by atoms with Gasteiger partial charge in [0.25, 0.3) is 0 Å². The normalized spacial score (nSPS) is 28.7. The van der Waals surface area contributed by atoms with E-state index < -0.39 is 0 Å². The van der Waals surface area contributed by atoms with Crippen molar-refractivity contribution in [2.24, 2.45) is 5.92 Å². The molecule has 0 radical (unpaired) electrons. The van der Waals surface area contributed by atoms with Crippen LogP contribution in [0.2, 0.25) is 0 Å². The Labute approximate surface area is 171 Å². The SMILES string of the molecule is CN1CCN(CCc2nc3c(ccc4[nH]cc(C5CN6CCC5CC6)c43)o2)CC1. The summed E-state index contributed by atoms with van der Waals surface area (Å²) in [7, 11) is 2.20. The highest BCUT2D eigenvalue weighted by atomic mass is 16.3. The van der Waals surface area contributed by atoms with Crippen molar-refractivity contribution in [3.05, 3.63) is 29.8 Å². The van der Waals surface area contributed by atoms with Gasteiger partial charge in [-0.2, -0.15) is 0 Å². The topological polar surface area (TPSA) is 51.5 Å². The quantitative estimate of drug-likeness (QED) is 0.739. The summed E-state index contributed by atoms with van der Waals surface area (Å²) >= 11 is 0. The molecule has 0 amide bonds. The number of nitrogens with one attached hydrogen (secondary N) is 1. The van der Waals surface area contributed by atoms with Gasteiger partial charge in [0, 0.05) is 68.7 Å².